The molecule has 2 heterocycles. The van der Waals surface area contributed by atoms with Crippen molar-refractivity contribution in [2.24, 2.45) is 0 Å². The molecular formula is C29H34FN3O2. The zero-order valence-corrected chi connectivity index (χ0v) is 21.0. The molecule has 0 bridgehead atoms. The molecule has 0 spiro atoms. The predicted molar refractivity (Wildman–Crippen MR) is 136 cm³/mol. The summed E-state index contributed by atoms with van der Waals surface area (Å²) in [5, 5.41) is 0. The zero-order chi connectivity index (χ0) is 25.2. The van der Waals surface area contributed by atoms with Gasteiger partial charge in [-0.3, -0.25) is 9.59 Å². The van der Waals surface area contributed by atoms with Crippen molar-refractivity contribution in [3.63, 3.8) is 0 Å². The first kappa shape index (κ1) is 24.7. The first-order valence-corrected chi connectivity index (χ1v) is 12.3. The maximum absolute atomic E-state index is 13.7. The van der Waals surface area contributed by atoms with Crippen molar-refractivity contribution in [3.8, 4) is 0 Å². The standard InChI is InChI=1S/C29H34FN3O2/c1-5-16-32(28(35)22-10-14-24(30)15-11-22)20-26(34)33-19-18-31-17-6-7-25(31)27(33)21-8-12-23(13-9-21)29(2,3)4/h6-15,17,27H,5,16,18-20H2,1-4H3. The fraction of sp³-hybridized carbons (Fsp3) is 0.379. The Labute approximate surface area is 207 Å². The molecule has 3 aromatic rings. The van der Waals surface area contributed by atoms with Crippen molar-refractivity contribution >= 4 is 11.8 Å². The normalized spacial score (nSPS) is 15.6. The van der Waals surface area contributed by atoms with Gasteiger partial charge in [-0.15, -0.1) is 0 Å². The Bertz CT molecular complexity index is 1180. The van der Waals surface area contributed by atoms with Crippen molar-refractivity contribution < 1.29 is 14.0 Å². The molecule has 0 saturated heterocycles. The van der Waals surface area contributed by atoms with Crippen molar-refractivity contribution in [2.75, 3.05) is 19.6 Å². The predicted octanol–water partition coefficient (Wildman–Crippen LogP) is 5.41. The molecule has 35 heavy (non-hydrogen) atoms. The Balaban J connectivity index is 1.61. The molecule has 184 valence electrons. The lowest BCUT2D eigenvalue weighted by Crippen LogP contribution is -2.48. The topological polar surface area (TPSA) is 45.6 Å². The second-order valence-corrected chi connectivity index (χ2v) is 10.2. The highest BCUT2D eigenvalue weighted by molar-refractivity contribution is 5.96. The van der Waals surface area contributed by atoms with E-state index in [1.807, 2.05) is 17.9 Å². The quantitative estimate of drug-likeness (QED) is 0.479. The Morgan fingerprint density at radius 3 is 2.31 bits per heavy atom. The summed E-state index contributed by atoms with van der Waals surface area (Å²) in [7, 11) is 0. The fourth-order valence-electron chi connectivity index (χ4n) is 4.72. The van der Waals surface area contributed by atoms with E-state index in [0.717, 1.165) is 17.7 Å². The van der Waals surface area contributed by atoms with E-state index in [-0.39, 0.29) is 29.8 Å². The highest BCUT2D eigenvalue weighted by atomic mass is 19.1. The maximum atomic E-state index is 13.7. The minimum absolute atomic E-state index is 0.0126. The second kappa shape index (κ2) is 10.1. The molecule has 0 N–H and O–H groups in total. The van der Waals surface area contributed by atoms with Crippen LogP contribution >= 0.6 is 0 Å². The van der Waals surface area contributed by atoms with E-state index in [4.69, 9.17) is 0 Å². The number of carbonyl (C=O) groups is 2. The van der Waals surface area contributed by atoms with Crippen molar-refractivity contribution in [3.05, 3.63) is 95.1 Å². The molecule has 0 radical (unpaired) electrons. The van der Waals surface area contributed by atoms with Gasteiger partial charge in [-0.05, 0) is 59.4 Å². The van der Waals surface area contributed by atoms with Crippen LogP contribution in [0.25, 0.3) is 0 Å². The molecule has 1 unspecified atom stereocenters. The van der Waals surface area contributed by atoms with Crippen LogP contribution in [-0.4, -0.2) is 45.8 Å². The summed E-state index contributed by atoms with van der Waals surface area (Å²) in [5.41, 5.74) is 3.79. The molecule has 5 nitrogen and oxygen atoms in total. The maximum Gasteiger partial charge on any atom is 0.254 e. The average Bonchev–Trinajstić information content (AvgIpc) is 3.31. The average molecular weight is 476 g/mol. The van der Waals surface area contributed by atoms with Gasteiger partial charge in [0.25, 0.3) is 5.91 Å². The van der Waals surface area contributed by atoms with Crippen molar-refractivity contribution in [1.82, 2.24) is 14.4 Å². The van der Waals surface area contributed by atoms with E-state index < -0.39 is 5.82 Å². The van der Waals surface area contributed by atoms with Gasteiger partial charge in [-0.2, -0.15) is 0 Å². The number of benzene rings is 2. The number of hydrogen-bond donors (Lipinski definition) is 0. The number of fused-ring (bicyclic) bond motifs is 1. The van der Waals surface area contributed by atoms with Gasteiger partial charge in [-0.25, -0.2) is 4.39 Å². The summed E-state index contributed by atoms with van der Waals surface area (Å²) in [6.45, 7) is 10.3. The van der Waals surface area contributed by atoms with E-state index in [0.29, 0.717) is 25.2 Å². The third-order valence-electron chi connectivity index (χ3n) is 6.65. The summed E-state index contributed by atoms with van der Waals surface area (Å²) < 4.78 is 15.5. The molecule has 0 saturated carbocycles. The first-order chi connectivity index (χ1) is 16.7. The van der Waals surface area contributed by atoms with E-state index in [2.05, 4.69) is 61.9 Å². The van der Waals surface area contributed by atoms with Gasteiger partial charge >= 0.3 is 0 Å². The van der Waals surface area contributed by atoms with Crippen molar-refractivity contribution in [1.29, 1.82) is 0 Å². The summed E-state index contributed by atoms with van der Waals surface area (Å²) in [6, 6.07) is 17.9. The molecule has 0 aliphatic carbocycles. The van der Waals surface area contributed by atoms with Crippen LogP contribution in [-0.2, 0) is 16.8 Å². The summed E-state index contributed by atoms with van der Waals surface area (Å²) in [4.78, 5) is 30.3. The van der Waals surface area contributed by atoms with E-state index in [9.17, 15) is 14.0 Å². The minimum Gasteiger partial charge on any atom is -0.348 e. The van der Waals surface area contributed by atoms with Crippen LogP contribution in [0.3, 0.4) is 0 Å². The molecule has 2 aromatic carbocycles. The number of hydrogen-bond acceptors (Lipinski definition) is 2. The SMILES string of the molecule is CCCN(CC(=O)N1CCn2cccc2C1c1ccc(C(C)(C)C)cc1)C(=O)c1ccc(F)cc1. The lowest BCUT2D eigenvalue weighted by molar-refractivity contribution is -0.134. The lowest BCUT2D eigenvalue weighted by atomic mass is 9.86. The number of nitrogens with zero attached hydrogens (tertiary/aromatic N) is 3. The van der Waals surface area contributed by atoms with Crippen LogP contribution in [0.5, 0.6) is 0 Å². The van der Waals surface area contributed by atoms with Crippen LogP contribution < -0.4 is 0 Å². The molecule has 0 fully saturated rings. The Morgan fingerprint density at radius 2 is 1.69 bits per heavy atom. The summed E-state index contributed by atoms with van der Waals surface area (Å²) in [5.74, 6) is -0.741. The number of rotatable bonds is 6. The van der Waals surface area contributed by atoms with Crippen molar-refractivity contribution in [2.45, 2.75) is 52.1 Å². The molecule has 6 heteroatoms. The molecular weight excluding hydrogens is 441 g/mol. The van der Waals surface area contributed by atoms with Crippen LogP contribution in [0.1, 0.15) is 67.3 Å². The molecule has 1 aliphatic heterocycles. The van der Waals surface area contributed by atoms with Gasteiger partial charge in [0.05, 0.1) is 6.04 Å². The number of aromatic nitrogens is 1. The molecule has 1 atom stereocenters. The van der Waals surface area contributed by atoms with Gasteiger partial charge < -0.3 is 14.4 Å². The fourth-order valence-corrected chi connectivity index (χ4v) is 4.72. The summed E-state index contributed by atoms with van der Waals surface area (Å²) in [6.07, 6.45) is 2.77. The van der Waals surface area contributed by atoms with Crippen LogP contribution in [0.4, 0.5) is 4.39 Å². The number of carbonyl (C=O) groups excluding carboxylic acids is 2. The second-order valence-electron chi connectivity index (χ2n) is 10.2. The number of halogens is 1. The largest absolute Gasteiger partial charge is 0.348 e. The highest BCUT2D eigenvalue weighted by Crippen LogP contribution is 2.34. The van der Waals surface area contributed by atoms with Gasteiger partial charge in [0.15, 0.2) is 0 Å². The summed E-state index contributed by atoms with van der Waals surface area (Å²) >= 11 is 0. The van der Waals surface area contributed by atoms with Crippen LogP contribution in [0, 0.1) is 5.82 Å². The smallest absolute Gasteiger partial charge is 0.254 e. The first-order valence-electron chi connectivity index (χ1n) is 12.3. The molecule has 1 aromatic heterocycles. The van der Waals surface area contributed by atoms with E-state index in [1.54, 1.807) is 4.90 Å². The third kappa shape index (κ3) is 5.31. The lowest BCUT2D eigenvalue weighted by Gasteiger charge is -2.38. The van der Waals surface area contributed by atoms with E-state index >= 15 is 0 Å². The number of amides is 2. The Hall–Kier alpha value is -3.41. The zero-order valence-electron chi connectivity index (χ0n) is 21.0. The van der Waals surface area contributed by atoms with Gasteiger partial charge in [0, 0.05) is 37.1 Å². The third-order valence-corrected chi connectivity index (χ3v) is 6.65. The Kier molecular flexibility index (Phi) is 7.10. The van der Waals surface area contributed by atoms with Crippen LogP contribution in [0.2, 0.25) is 0 Å². The van der Waals surface area contributed by atoms with E-state index in [1.165, 1.54) is 29.8 Å². The monoisotopic (exact) mass is 475 g/mol. The highest BCUT2D eigenvalue weighted by Gasteiger charge is 2.33. The molecule has 4 rings (SSSR count). The van der Waals surface area contributed by atoms with Gasteiger partial charge in [0.1, 0.15) is 12.4 Å². The Morgan fingerprint density at radius 1 is 1.00 bits per heavy atom. The minimum atomic E-state index is -0.392. The molecule has 1 aliphatic rings. The van der Waals surface area contributed by atoms with Gasteiger partial charge in [0.2, 0.25) is 5.91 Å². The van der Waals surface area contributed by atoms with Gasteiger partial charge in [-0.1, -0.05) is 52.0 Å². The van der Waals surface area contributed by atoms with Crippen LogP contribution in [0.15, 0.2) is 66.9 Å². The molecule has 2 amide bonds.